The number of hydrogen-bond acceptors (Lipinski definition) is 7. The van der Waals surface area contributed by atoms with Gasteiger partial charge in [0.05, 0.1) is 26.0 Å². The minimum absolute atomic E-state index is 0.316. The van der Waals surface area contributed by atoms with E-state index < -0.39 is 51.8 Å². The molecule has 0 unspecified atom stereocenters. The Kier molecular flexibility index (Phi) is 3.70. The van der Waals surface area contributed by atoms with Crippen molar-refractivity contribution in [3.63, 3.8) is 0 Å². The molecule has 2 atom stereocenters. The van der Waals surface area contributed by atoms with Crippen molar-refractivity contribution < 1.29 is 29.8 Å². The van der Waals surface area contributed by atoms with Gasteiger partial charge in [0.15, 0.2) is 24.3 Å². The van der Waals surface area contributed by atoms with Gasteiger partial charge in [0, 0.05) is 0 Å². The fourth-order valence-electron chi connectivity index (χ4n) is 2.18. The Hall–Kier alpha value is -0.970. The van der Waals surface area contributed by atoms with E-state index in [-0.39, 0.29) is 4.90 Å². The van der Waals surface area contributed by atoms with Crippen molar-refractivity contribution in [3.05, 3.63) is 30.3 Å². The van der Waals surface area contributed by atoms with Crippen LogP contribution in [0.5, 0.6) is 0 Å². The topological polar surface area (TPSA) is 125 Å². The van der Waals surface area contributed by atoms with Crippen molar-refractivity contribution >= 4 is 29.8 Å². The van der Waals surface area contributed by atoms with Crippen molar-refractivity contribution in [2.75, 3.05) is 5.75 Å². The molecule has 1 aromatic carbocycles. The van der Waals surface area contributed by atoms with Crippen LogP contribution in [0.15, 0.2) is 35.2 Å². The minimum atomic E-state index is -5.02. The van der Waals surface area contributed by atoms with Gasteiger partial charge in [0.1, 0.15) is 0 Å². The zero-order valence-electron chi connectivity index (χ0n) is 10.0. The molecule has 1 aliphatic heterocycles. The maximum atomic E-state index is 12.3. The van der Waals surface area contributed by atoms with Crippen LogP contribution in [-0.4, -0.2) is 45.4 Å². The summed E-state index contributed by atoms with van der Waals surface area (Å²) in [5.41, 5.74) is 0. The van der Waals surface area contributed by atoms with Gasteiger partial charge in [0.2, 0.25) is 0 Å². The first-order valence-electron chi connectivity index (χ1n) is 5.52. The molecule has 0 radical (unpaired) electrons. The second kappa shape index (κ2) is 4.79. The summed E-state index contributed by atoms with van der Waals surface area (Å²) in [4.78, 5) is -0.316. The Morgan fingerprint density at radius 1 is 1.05 bits per heavy atom. The number of sulfone groups is 2. The quantitative estimate of drug-likeness (QED) is 0.681. The van der Waals surface area contributed by atoms with Gasteiger partial charge in [-0.05, 0) is 18.6 Å². The smallest absolute Gasteiger partial charge is 0.196 e. The van der Waals surface area contributed by atoms with Gasteiger partial charge in [-0.25, -0.2) is 25.3 Å². The largest absolute Gasteiger partial charge is 0.748 e. The lowest BCUT2D eigenvalue weighted by molar-refractivity contribution is 0.448. The summed E-state index contributed by atoms with van der Waals surface area (Å²) in [6, 6.07) is 6.63. The summed E-state index contributed by atoms with van der Waals surface area (Å²) in [6.45, 7) is 0. The summed E-state index contributed by atoms with van der Waals surface area (Å²) >= 11 is 0. The van der Waals surface area contributed by atoms with Crippen LogP contribution in [0.25, 0.3) is 0 Å². The van der Waals surface area contributed by atoms with Crippen LogP contribution in [0.4, 0.5) is 0 Å². The Morgan fingerprint density at radius 2 is 1.60 bits per heavy atom. The number of benzene rings is 1. The van der Waals surface area contributed by atoms with Crippen LogP contribution in [0.1, 0.15) is 6.42 Å². The summed E-state index contributed by atoms with van der Waals surface area (Å²) in [7, 11) is -13.7. The second-order valence-electron chi connectivity index (χ2n) is 4.41. The highest BCUT2D eigenvalue weighted by atomic mass is 32.3. The molecule has 0 N–H and O–H groups in total. The van der Waals surface area contributed by atoms with Crippen LogP contribution in [0, 0.1) is 0 Å². The van der Waals surface area contributed by atoms with E-state index in [1.54, 1.807) is 0 Å². The van der Waals surface area contributed by atoms with E-state index in [1.807, 2.05) is 0 Å². The van der Waals surface area contributed by atoms with Crippen molar-refractivity contribution in [2.24, 2.45) is 0 Å². The lowest BCUT2D eigenvalue weighted by atomic mass is 10.4. The van der Waals surface area contributed by atoms with E-state index in [4.69, 9.17) is 0 Å². The molecule has 0 saturated carbocycles. The predicted molar refractivity (Wildman–Crippen MR) is 69.3 cm³/mol. The Bertz CT molecular complexity index is 807. The first kappa shape index (κ1) is 15.4. The normalized spacial score (nSPS) is 26.4. The van der Waals surface area contributed by atoms with E-state index in [9.17, 15) is 29.8 Å². The number of hydrogen-bond donors (Lipinski definition) is 0. The van der Waals surface area contributed by atoms with Crippen LogP contribution < -0.4 is 0 Å². The lowest BCUT2D eigenvalue weighted by Crippen LogP contribution is -2.39. The molecule has 0 aromatic heterocycles. The third-order valence-electron chi connectivity index (χ3n) is 3.09. The fourth-order valence-corrected chi connectivity index (χ4v) is 9.69. The zero-order chi connectivity index (χ0) is 15.2. The molecular formula is C10H11O7S3-. The van der Waals surface area contributed by atoms with E-state index in [2.05, 4.69) is 0 Å². The first-order valence-corrected chi connectivity index (χ1v) is 10.3. The van der Waals surface area contributed by atoms with Gasteiger partial charge < -0.3 is 4.55 Å². The monoisotopic (exact) mass is 339 g/mol. The average Bonchev–Trinajstić information content (AvgIpc) is 2.66. The SMILES string of the molecule is O=S(=O)([O-])[C@@H]1CCS(=O)(=O)[C@H]1S(=O)(=O)c1ccccc1. The van der Waals surface area contributed by atoms with E-state index in [1.165, 1.54) is 18.2 Å². The third-order valence-corrected chi connectivity index (χ3v) is 10.0. The third kappa shape index (κ3) is 2.60. The van der Waals surface area contributed by atoms with Gasteiger partial charge in [-0.2, -0.15) is 0 Å². The highest BCUT2D eigenvalue weighted by molar-refractivity contribution is 8.10. The maximum Gasteiger partial charge on any atom is 0.196 e. The summed E-state index contributed by atoms with van der Waals surface area (Å²) in [5.74, 6) is -0.629. The molecule has 20 heavy (non-hydrogen) atoms. The van der Waals surface area contributed by atoms with Crippen molar-refractivity contribution in [1.82, 2.24) is 0 Å². The molecule has 0 spiro atoms. The molecule has 0 amide bonds. The van der Waals surface area contributed by atoms with Crippen LogP contribution in [-0.2, 0) is 29.8 Å². The van der Waals surface area contributed by atoms with Gasteiger partial charge >= 0.3 is 0 Å². The second-order valence-corrected chi connectivity index (χ2v) is 10.6. The molecule has 10 heteroatoms. The molecule has 1 fully saturated rings. The molecular weight excluding hydrogens is 328 g/mol. The lowest BCUT2D eigenvalue weighted by Gasteiger charge is -2.21. The van der Waals surface area contributed by atoms with E-state index in [0.717, 1.165) is 12.1 Å². The highest BCUT2D eigenvalue weighted by Gasteiger charge is 2.52. The fraction of sp³-hybridized carbons (Fsp3) is 0.400. The molecule has 0 bridgehead atoms. The van der Waals surface area contributed by atoms with Crippen molar-refractivity contribution in [1.29, 1.82) is 0 Å². The predicted octanol–water partition coefficient (Wildman–Crippen LogP) is -0.481. The standard InChI is InChI=1S/C10H12O7S3/c11-18(12)7-6-9(20(15,16)17)10(18)19(13,14)8-4-2-1-3-5-8/h1-5,9-10H,6-7H2,(H,15,16,17)/p-1/t9-,10+/m1/s1. The minimum Gasteiger partial charge on any atom is -0.748 e. The molecule has 1 heterocycles. The average molecular weight is 339 g/mol. The summed E-state index contributed by atoms with van der Waals surface area (Å²) in [6.07, 6.45) is -0.495. The van der Waals surface area contributed by atoms with E-state index in [0.29, 0.717) is 0 Å². The molecule has 1 aliphatic rings. The van der Waals surface area contributed by atoms with Gasteiger partial charge in [-0.15, -0.1) is 0 Å². The van der Waals surface area contributed by atoms with E-state index >= 15 is 0 Å². The molecule has 112 valence electrons. The van der Waals surface area contributed by atoms with Crippen molar-refractivity contribution in [3.8, 4) is 0 Å². The zero-order valence-corrected chi connectivity index (χ0v) is 12.5. The Balaban J connectivity index is 2.64. The van der Waals surface area contributed by atoms with Gasteiger partial charge in [-0.1, -0.05) is 18.2 Å². The maximum absolute atomic E-state index is 12.3. The molecule has 2 rings (SSSR count). The van der Waals surface area contributed by atoms with Crippen molar-refractivity contribution in [2.45, 2.75) is 21.1 Å². The summed E-state index contributed by atoms with van der Waals surface area (Å²) in [5, 5.41) is -1.96. The number of rotatable bonds is 3. The van der Waals surface area contributed by atoms with Crippen LogP contribution in [0.2, 0.25) is 0 Å². The van der Waals surface area contributed by atoms with Gasteiger partial charge in [-0.3, -0.25) is 0 Å². The highest BCUT2D eigenvalue weighted by Crippen LogP contribution is 2.33. The summed E-state index contributed by atoms with van der Waals surface area (Å²) < 4.78 is 79.5. The molecule has 7 nitrogen and oxygen atoms in total. The Morgan fingerprint density at radius 3 is 2.10 bits per heavy atom. The van der Waals surface area contributed by atoms with Crippen LogP contribution >= 0.6 is 0 Å². The molecule has 1 aromatic rings. The molecule has 0 aliphatic carbocycles. The van der Waals surface area contributed by atoms with Gasteiger partial charge in [0.25, 0.3) is 0 Å². The molecule has 1 saturated heterocycles. The Labute approximate surface area is 117 Å². The first-order chi connectivity index (χ1) is 9.07. The van der Waals surface area contributed by atoms with Crippen LogP contribution in [0.3, 0.4) is 0 Å².